The quantitative estimate of drug-likeness (QED) is 0.689. The van der Waals surface area contributed by atoms with Crippen LogP contribution >= 0.6 is 0 Å². The van der Waals surface area contributed by atoms with Gasteiger partial charge >= 0.3 is 0 Å². The number of aryl methyl sites for hydroxylation is 1. The highest BCUT2D eigenvalue weighted by molar-refractivity contribution is 5.91. The summed E-state index contributed by atoms with van der Waals surface area (Å²) in [4.78, 5) is 12.2. The molecule has 8 nitrogen and oxygen atoms in total. The summed E-state index contributed by atoms with van der Waals surface area (Å²) in [7, 11) is 0. The molecule has 1 N–H and O–H groups in total. The second-order valence-corrected chi connectivity index (χ2v) is 5.96. The van der Waals surface area contributed by atoms with Gasteiger partial charge in [-0.05, 0) is 31.2 Å². The number of carbonyl (C=O) groups is 1. The molecule has 0 unspecified atom stereocenters. The molecule has 0 atom stereocenters. The lowest BCUT2D eigenvalue weighted by molar-refractivity contribution is 0.0919. The van der Waals surface area contributed by atoms with Crippen LogP contribution in [0.15, 0.2) is 47.1 Å². The summed E-state index contributed by atoms with van der Waals surface area (Å²) in [6, 6.07) is 8.69. The van der Waals surface area contributed by atoms with Crippen LogP contribution in [-0.4, -0.2) is 22.5 Å². The maximum absolute atomic E-state index is 12.2. The Morgan fingerprint density at radius 2 is 2.15 bits per heavy atom. The molecule has 3 aromatic rings. The topological polar surface area (TPSA) is 87.8 Å². The van der Waals surface area contributed by atoms with Crippen molar-refractivity contribution in [3.05, 3.63) is 59.8 Å². The number of nitrogens with zero attached hydrogens (tertiary/aromatic N) is 2. The van der Waals surface area contributed by atoms with Crippen molar-refractivity contribution in [1.29, 1.82) is 0 Å². The first kappa shape index (κ1) is 17.0. The number of hydrogen-bond acceptors (Lipinski definition) is 6. The summed E-state index contributed by atoms with van der Waals surface area (Å²) in [6.07, 6.45) is 3.63. The molecule has 0 saturated carbocycles. The molecule has 0 radical (unpaired) electrons. The molecule has 0 fully saturated rings. The SMILES string of the molecule is CCn1cc(CNC(=O)c2ccc(COc3ccc4c(c3)OCO4)o2)cn1. The largest absolute Gasteiger partial charge is 0.486 e. The third-order valence-corrected chi connectivity index (χ3v) is 4.07. The van der Waals surface area contributed by atoms with Gasteiger partial charge in [0.2, 0.25) is 6.79 Å². The van der Waals surface area contributed by atoms with E-state index in [9.17, 15) is 4.79 Å². The molecule has 0 aliphatic carbocycles. The molecule has 27 heavy (non-hydrogen) atoms. The fourth-order valence-corrected chi connectivity index (χ4v) is 2.64. The second-order valence-electron chi connectivity index (χ2n) is 5.96. The van der Waals surface area contributed by atoms with E-state index < -0.39 is 0 Å². The molecule has 2 aromatic heterocycles. The summed E-state index contributed by atoms with van der Waals surface area (Å²) in [6.45, 7) is 3.61. The number of nitrogens with one attached hydrogen (secondary N) is 1. The first-order chi connectivity index (χ1) is 13.2. The minimum absolute atomic E-state index is 0.205. The Balaban J connectivity index is 1.30. The van der Waals surface area contributed by atoms with E-state index in [0.29, 0.717) is 29.6 Å². The van der Waals surface area contributed by atoms with E-state index in [1.807, 2.05) is 13.1 Å². The standard InChI is InChI=1S/C19H19N3O5/c1-2-22-10-13(9-21-22)8-20-19(23)17-6-4-15(27-17)11-24-14-3-5-16-18(7-14)26-12-25-16/h3-7,9-10H,2,8,11-12H2,1H3,(H,20,23). The Hall–Kier alpha value is -3.42. The van der Waals surface area contributed by atoms with Crippen molar-refractivity contribution in [1.82, 2.24) is 15.1 Å². The van der Waals surface area contributed by atoms with Crippen LogP contribution in [0.1, 0.15) is 28.8 Å². The predicted octanol–water partition coefficient (Wildman–Crippen LogP) is 2.73. The molecule has 1 amide bonds. The Morgan fingerprint density at radius 3 is 3.00 bits per heavy atom. The minimum atomic E-state index is -0.284. The zero-order chi connectivity index (χ0) is 18.6. The molecule has 1 aliphatic heterocycles. The number of rotatable bonds is 7. The summed E-state index contributed by atoms with van der Waals surface area (Å²) in [5.41, 5.74) is 0.933. The van der Waals surface area contributed by atoms with Gasteiger partial charge in [-0.15, -0.1) is 0 Å². The zero-order valence-corrected chi connectivity index (χ0v) is 14.8. The summed E-state index contributed by atoms with van der Waals surface area (Å²) < 4.78 is 23.6. The van der Waals surface area contributed by atoms with E-state index in [4.69, 9.17) is 18.6 Å². The Morgan fingerprint density at radius 1 is 1.26 bits per heavy atom. The highest BCUT2D eigenvalue weighted by atomic mass is 16.7. The third kappa shape index (κ3) is 3.89. The first-order valence-corrected chi connectivity index (χ1v) is 8.62. The van der Waals surface area contributed by atoms with E-state index in [-0.39, 0.29) is 25.1 Å². The highest BCUT2D eigenvalue weighted by Crippen LogP contribution is 2.35. The molecule has 8 heteroatoms. The number of amides is 1. The minimum Gasteiger partial charge on any atom is -0.486 e. The number of furan rings is 1. The van der Waals surface area contributed by atoms with Crippen LogP contribution in [-0.2, 0) is 19.7 Å². The smallest absolute Gasteiger partial charge is 0.287 e. The normalized spacial score (nSPS) is 12.2. The molecule has 4 rings (SSSR count). The van der Waals surface area contributed by atoms with Crippen LogP contribution in [0.2, 0.25) is 0 Å². The molecule has 0 spiro atoms. The monoisotopic (exact) mass is 369 g/mol. The summed E-state index contributed by atoms with van der Waals surface area (Å²) in [5, 5.41) is 6.98. The van der Waals surface area contributed by atoms with Gasteiger partial charge in [0.25, 0.3) is 5.91 Å². The number of aromatic nitrogens is 2. The summed E-state index contributed by atoms with van der Waals surface area (Å²) in [5.74, 6) is 2.49. The lowest BCUT2D eigenvalue weighted by Gasteiger charge is -2.05. The van der Waals surface area contributed by atoms with Crippen LogP contribution in [0, 0.1) is 0 Å². The van der Waals surface area contributed by atoms with Gasteiger partial charge in [0, 0.05) is 30.9 Å². The van der Waals surface area contributed by atoms with Crippen molar-refractivity contribution >= 4 is 5.91 Å². The van der Waals surface area contributed by atoms with Crippen LogP contribution in [0.25, 0.3) is 0 Å². The maximum Gasteiger partial charge on any atom is 0.287 e. The molecule has 0 bridgehead atoms. The number of benzene rings is 1. The van der Waals surface area contributed by atoms with Crippen molar-refractivity contribution in [3.8, 4) is 17.2 Å². The number of carbonyl (C=O) groups excluding carboxylic acids is 1. The Bertz CT molecular complexity index is 946. The zero-order valence-electron chi connectivity index (χ0n) is 14.8. The van der Waals surface area contributed by atoms with Crippen LogP contribution in [0.3, 0.4) is 0 Å². The molecule has 0 saturated heterocycles. The van der Waals surface area contributed by atoms with Gasteiger partial charge in [0.15, 0.2) is 17.3 Å². The van der Waals surface area contributed by atoms with Crippen molar-refractivity contribution in [2.24, 2.45) is 0 Å². The molecule has 140 valence electrons. The number of hydrogen-bond donors (Lipinski definition) is 1. The predicted molar refractivity (Wildman–Crippen MR) is 94.7 cm³/mol. The van der Waals surface area contributed by atoms with Gasteiger partial charge in [0.1, 0.15) is 18.1 Å². The third-order valence-electron chi connectivity index (χ3n) is 4.07. The van der Waals surface area contributed by atoms with Crippen molar-refractivity contribution in [2.75, 3.05) is 6.79 Å². The van der Waals surface area contributed by atoms with Gasteiger partial charge in [-0.1, -0.05) is 0 Å². The van der Waals surface area contributed by atoms with E-state index in [0.717, 1.165) is 12.1 Å². The van der Waals surface area contributed by atoms with E-state index >= 15 is 0 Å². The number of ether oxygens (including phenoxy) is 3. The average molecular weight is 369 g/mol. The lowest BCUT2D eigenvalue weighted by Crippen LogP contribution is -2.22. The molecule has 1 aromatic carbocycles. The van der Waals surface area contributed by atoms with Gasteiger partial charge in [-0.2, -0.15) is 5.10 Å². The fraction of sp³-hybridized carbons (Fsp3) is 0.263. The van der Waals surface area contributed by atoms with E-state index in [1.54, 1.807) is 41.2 Å². The fourth-order valence-electron chi connectivity index (χ4n) is 2.64. The highest BCUT2D eigenvalue weighted by Gasteiger charge is 2.15. The van der Waals surface area contributed by atoms with Crippen molar-refractivity contribution < 1.29 is 23.4 Å². The second kappa shape index (κ2) is 7.45. The molecular formula is C19H19N3O5. The molecular weight excluding hydrogens is 350 g/mol. The van der Waals surface area contributed by atoms with Crippen LogP contribution in [0.4, 0.5) is 0 Å². The van der Waals surface area contributed by atoms with Gasteiger partial charge in [-0.25, -0.2) is 0 Å². The molecule has 3 heterocycles. The van der Waals surface area contributed by atoms with E-state index in [2.05, 4.69) is 10.4 Å². The van der Waals surface area contributed by atoms with Crippen molar-refractivity contribution in [3.63, 3.8) is 0 Å². The van der Waals surface area contributed by atoms with Gasteiger partial charge in [-0.3, -0.25) is 9.48 Å². The number of fused-ring (bicyclic) bond motifs is 1. The summed E-state index contributed by atoms with van der Waals surface area (Å²) >= 11 is 0. The van der Waals surface area contributed by atoms with Crippen LogP contribution < -0.4 is 19.5 Å². The average Bonchev–Trinajstić information content (AvgIpc) is 3.44. The first-order valence-electron chi connectivity index (χ1n) is 8.62. The Labute approximate surface area is 155 Å². The maximum atomic E-state index is 12.2. The Kier molecular flexibility index (Phi) is 4.69. The van der Waals surface area contributed by atoms with E-state index in [1.165, 1.54) is 0 Å². The van der Waals surface area contributed by atoms with Crippen molar-refractivity contribution in [2.45, 2.75) is 26.6 Å². The van der Waals surface area contributed by atoms with Gasteiger partial charge in [0.05, 0.1) is 6.20 Å². The van der Waals surface area contributed by atoms with Crippen LogP contribution in [0.5, 0.6) is 17.2 Å². The molecule has 1 aliphatic rings. The van der Waals surface area contributed by atoms with Gasteiger partial charge < -0.3 is 23.9 Å². The lowest BCUT2D eigenvalue weighted by atomic mass is 10.3.